The van der Waals surface area contributed by atoms with Gasteiger partial charge in [-0.25, -0.2) is 0 Å². The van der Waals surface area contributed by atoms with E-state index in [2.05, 4.69) is 0 Å². The predicted octanol–water partition coefficient (Wildman–Crippen LogP) is 4.79. The van der Waals surface area contributed by atoms with Gasteiger partial charge >= 0.3 is 12.1 Å². The molecule has 0 aliphatic carbocycles. The molecule has 2 aromatic rings. The fraction of sp³-hybridized carbons (Fsp3) is 0.308. The van der Waals surface area contributed by atoms with Crippen LogP contribution < -0.4 is 5.32 Å². The van der Waals surface area contributed by atoms with Gasteiger partial charge < -0.3 is 5.32 Å². The number of nitrogens with one attached hydrogen (secondary N) is 1. The Morgan fingerprint density at radius 3 is 2.45 bits per heavy atom. The number of hydrogen-bond acceptors (Lipinski definition) is 2. The van der Waals surface area contributed by atoms with Gasteiger partial charge in [0.2, 0.25) is 0 Å². The highest BCUT2D eigenvalue weighted by Gasteiger charge is 2.57. The van der Waals surface area contributed by atoms with Gasteiger partial charge in [0.15, 0.2) is 0 Å². The second-order valence-electron chi connectivity index (χ2n) is 4.58. The minimum Gasteiger partial charge on any atom is -0.345 e. The van der Waals surface area contributed by atoms with Crippen molar-refractivity contribution < 1.29 is 26.7 Å². The topological polar surface area (TPSA) is 29.1 Å². The Labute approximate surface area is 130 Å². The molecule has 0 aliphatic heterocycles. The molecule has 0 saturated heterocycles. The van der Waals surface area contributed by atoms with Gasteiger partial charge in [0.25, 0.3) is 5.91 Å². The summed E-state index contributed by atoms with van der Waals surface area (Å²) in [6.07, 6.45) is -5.72. The first-order valence-electron chi connectivity index (χ1n) is 5.95. The van der Waals surface area contributed by atoms with E-state index in [1.165, 1.54) is 0 Å². The van der Waals surface area contributed by atoms with Crippen molar-refractivity contribution >= 4 is 38.9 Å². The van der Waals surface area contributed by atoms with Gasteiger partial charge in [-0.1, -0.05) is 23.7 Å². The summed E-state index contributed by atoms with van der Waals surface area (Å²) in [5.74, 6) is -6.06. The zero-order chi connectivity index (χ0) is 16.7. The van der Waals surface area contributed by atoms with E-state index in [4.69, 9.17) is 11.6 Å². The van der Waals surface area contributed by atoms with Crippen LogP contribution in [0.3, 0.4) is 0 Å². The van der Waals surface area contributed by atoms with E-state index in [9.17, 15) is 26.7 Å². The number of carbonyl (C=O) groups is 1. The zero-order valence-corrected chi connectivity index (χ0v) is 12.6. The summed E-state index contributed by atoms with van der Waals surface area (Å²) in [6, 6.07) is 5.16. The number of thiophene rings is 1. The normalized spacial score (nSPS) is 12.7. The molecule has 0 spiro atoms. The molecular weight excluding hydrogens is 349 g/mol. The van der Waals surface area contributed by atoms with E-state index in [0.717, 1.165) is 16.9 Å². The number of amides is 1. The molecule has 1 N–H and O–H groups in total. The smallest absolute Gasteiger partial charge is 0.345 e. The van der Waals surface area contributed by atoms with Crippen LogP contribution in [-0.2, 0) is 0 Å². The Morgan fingerprint density at radius 1 is 1.27 bits per heavy atom. The second kappa shape index (κ2) is 5.66. The van der Waals surface area contributed by atoms with E-state index in [1.807, 2.05) is 0 Å². The summed E-state index contributed by atoms with van der Waals surface area (Å²) in [5.41, 5.74) is 0.776. The molecule has 0 radical (unpaired) electrons. The van der Waals surface area contributed by atoms with Crippen LogP contribution in [0.15, 0.2) is 18.2 Å². The molecule has 1 aromatic heterocycles. The average Bonchev–Trinajstić information content (AvgIpc) is 2.73. The molecule has 2 rings (SSSR count). The van der Waals surface area contributed by atoms with Gasteiger partial charge in [0.1, 0.15) is 4.88 Å². The van der Waals surface area contributed by atoms with Crippen LogP contribution >= 0.6 is 22.9 Å². The van der Waals surface area contributed by atoms with Gasteiger partial charge in [0, 0.05) is 10.1 Å². The maximum atomic E-state index is 12.8. The lowest BCUT2D eigenvalue weighted by atomic mass is 10.1. The molecule has 9 heteroatoms. The third-order valence-corrected chi connectivity index (χ3v) is 4.60. The van der Waals surface area contributed by atoms with E-state index in [1.54, 1.807) is 30.4 Å². The SMILES string of the molecule is Cc1cccc2sc(C(=O)NCC(F)(F)C(F)(F)F)c(Cl)c12. The molecule has 22 heavy (non-hydrogen) atoms. The maximum Gasteiger partial charge on any atom is 0.455 e. The number of aryl methyl sites for hydroxylation is 1. The highest BCUT2D eigenvalue weighted by atomic mass is 35.5. The van der Waals surface area contributed by atoms with E-state index in [0.29, 0.717) is 10.1 Å². The fourth-order valence-electron chi connectivity index (χ4n) is 1.79. The van der Waals surface area contributed by atoms with Crippen LogP contribution in [0.2, 0.25) is 5.02 Å². The summed E-state index contributed by atoms with van der Waals surface area (Å²) in [4.78, 5) is 11.7. The molecule has 1 heterocycles. The Kier molecular flexibility index (Phi) is 4.36. The summed E-state index contributed by atoms with van der Waals surface area (Å²) < 4.78 is 62.4. The van der Waals surface area contributed by atoms with Crippen LogP contribution in [0, 0.1) is 6.92 Å². The predicted molar refractivity (Wildman–Crippen MR) is 74.9 cm³/mol. The van der Waals surface area contributed by atoms with Crippen molar-refractivity contribution in [1.82, 2.24) is 5.32 Å². The van der Waals surface area contributed by atoms with Crippen molar-refractivity contribution in [2.75, 3.05) is 6.54 Å². The number of benzene rings is 1. The van der Waals surface area contributed by atoms with E-state index >= 15 is 0 Å². The van der Waals surface area contributed by atoms with Crippen molar-refractivity contribution in [1.29, 1.82) is 0 Å². The second-order valence-corrected chi connectivity index (χ2v) is 6.01. The molecule has 120 valence electrons. The molecule has 0 bridgehead atoms. The number of alkyl halides is 5. The quantitative estimate of drug-likeness (QED) is 0.786. The number of fused-ring (bicyclic) bond motifs is 1. The molecule has 0 unspecified atom stereocenters. The van der Waals surface area contributed by atoms with Gasteiger partial charge in [-0.15, -0.1) is 11.3 Å². The zero-order valence-electron chi connectivity index (χ0n) is 11.0. The van der Waals surface area contributed by atoms with Crippen LogP contribution in [0.5, 0.6) is 0 Å². The lowest BCUT2D eigenvalue weighted by molar-refractivity contribution is -0.278. The third kappa shape index (κ3) is 3.03. The molecular formula is C13H9ClF5NOS. The van der Waals surface area contributed by atoms with Crippen molar-refractivity contribution in [2.24, 2.45) is 0 Å². The molecule has 2 nitrogen and oxygen atoms in total. The highest BCUT2D eigenvalue weighted by Crippen LogP contribution is 2.38. The van der Waals surface area contributed by atoms with Crippen LogP contribution in [0.25, 0.3) is 10.1 Å². The highest BCUT2D eigenvalue weighted by molar-refractivity contribution is 7.21. The van der Waals surface area contributed by atoms with Crippen LogP contribution in [0.1, 0.15) is 15.2 Å². The Hall–Kier alpha value is -1.41. The molecule has 1 aromatic carbocycles. The standard InChI is InChI=1S/C13H9ClF5NOS/c1-6-3-2-4-7-8(6)9(14)10(22-7)11(21)20-5-12(15,16)13(17,18)19/h2-4H,5H2,1H3,(H,20,21). The largest absolute Gasteiger partial charge is 0.455 e. The van der Waals surface area contributed by atoms with Gasteiger partial charge in [-0.05, 0) is 18.6 Å². The summed E-state index contributed by atoms with van der Waals surface area (Å²) in [5, 5.41) is 2.22. The maximum absolute atomic E-state index is 12.8. The molecule has 1 amide bonds. The monoisotopic (exact) mass is 357 g/mol. The Balaban J connectivity index is 2.25. The fourth-order valence-corrected chi connectivity index (χ4v) is 3.39. The number of rotatable bonds is 3. The first-order chi connectivity index (χ1) is 10.0. The summed E-state index contributed by atoms with van der Waals surface area (Å²) in [7, 11) is 0. The minimum atomic E-state index is -5.72. The lowest BCUT2D eigenvalue weighted by Crippen LogP contribution is -2.46. The summed E-state index contributed by atoms with van der Waals surface area (Å²) >= 11 is 6.97. The number of halogens is 6. The molecule has 0 aliphatic rings. The van der Waals surface area contributed by atoms with Crippen LogP contribution in [-0.4, -0.2) is 24.6 Å². The Bertz CT molecular complexity index is 725. The van der Waals surface area contributed by atoms with E-state index < -0.39 is 24.6 Å². The third-order valence-electron chi connectivity index (χ3n) is 2.96. The molecule has 0 fully saturated rings. The number of carbonyl (C=O) groups excluding carboxylic acids is 1. The van der Waals surface area contributed by atoms with Gasteiger partial charge in [0.05, 0.1) is 11.6 Å². The lowest BCUT2D eigenvalue weighted by Gasteiger charge is -2.19. The van der Waals surface area contributed by atoms with E-state index in [-0.39, 0.29) is 9.90 Å². The Morgan fingerprint density at radius 2 is 1.91 bits per heavy atom. The first-order valence-corrected chi connectivity index (χ1v) is 7.14. The summed E-state index contributed by atoms with van der Waals surface area (Å²) in [6.45, 7) is -0.0840. The van der Waals surface area contributed by atoms with Gasteiger partial charge in [-0.2, -0.15) is 22.0 Å². The van der Waals surface area contributed by atoms with Crippen molar-refractivity contribution in [3.8, 4) is 0 Å². The van der Waals surface area contributed by atoms with Crippen molar-refractivity contribution in [2.45, 2.75) is 19.0 Å². The minimum absolute atomic E-state index is 0.0472. The first kappa shape index (κ1) is 17.0. The molecule has 0 atom stereocenters. The molecule has 0 saturated carbocycles. The number of hydrogen-bond donors (Lipinski definition) is 1. The van der Waals surface area contributed by atoms with Crippen molar-refractivity contribution in [3.05, 3.63) is 33.7 Å². The van der Waals surface area contributed by atoms with Crippen molar-refractivity contribution in [3.63, 3.8) is 0 Å². The average molecular weight is 358 g/mol. The van der Waals surface area contributed by atoms with Gasteiger partial charge in [-0.3, -0.25) is 4.79 Å². The van der Waals surface area contributed by atoms with Crippen LogP contribution in [0.4, 0.5) is 22.0 Å².